The van der Waals surface area contributed by atoms with Crippen molar-refractivity contribution in [1.29, 1.82) is 0 Å². The van der Waals surface area contributed by atoms with Gasteiger partial charge in [0.15, 0.2) is 0 Å². The predicted octanol–water partition coefficient (Wildman–Crippen LogP) is 3.69. The summed E-state index contributed by atoms with van der Waals surface area (Å²) in [5, 5.41) is 3.56. The lowest BCUT2D eigenvalue weighted by Gasteiger charge is -2.06. The van der Waals surface area contributed by atoms with Gasteiger partial charge in [-0.15, -0.1) is 0 Å². The van der Waals surface area contributed by atoms with Gasteiger partial charge in [0.05, 0.1) is 0 Å². The summed E-state index contributed by atoms with van der Waals surface area (Å²) in [6, 6.07) is 14.0. The fourth-order valence-corrected chi connectivity index (χ4v) is 2.23. The Morgan fingerprint density at radius 1 is 1.10 bits per heavy atom. The standard InChI is InChI=1S/C16H15BrFNO/c17-11-12-5-7-14(8-6-12)16(20)19-10-9-13-3-1-2-4-15(13)18/h1-8H,9-11H2,(H,19,20). The Balaban J connectivity index is 1.87. The number of amides is 1. The number of hydrogen-bond acceptors (Lipinski definition) is 1. The molecule has 2 rings (SSSR count). The maximum absolute atomic E-state index is 13.4. The van der Waals surface area contributed by atoms with Crippen molar-refractivity contribution in [3.8, 4) is 0 Å². The Hall–Kier alpha value is -1.68. The van der Waals surface area contributed by atoms with Crippen LogP contribution in [0.15, 0.2) is 48.5 Å². The van der Waals surface area contributed by atoms with Crippen molar-refractivity contribution in [2.45, 2.75) is 11.8 Å². The minimum absolute atomic E-state index is 0.137. The largest absolute Gasteiger partial charge is 0.352 e. The molecule has 0 heterocycles. The van der Waals surface area contributed by atoms with Gasteiger partial charge in [-0.1, -0.05) is 46.3 Å². The van der Waals surface area contributed by atoms with Crippen LogP contribution in [0.4, 0.5) is 4.39 Å². The van der Waals surface area contributed by atoms with E-state index in [1.807, 2.05) is 12.1 Å². The molecular weight excluding hydrogens is 321 g/mol. The summed E-state index contributed by atoms with van der Waals surface area (Å²) in [6.45, 7) is 0.417. The summed E-state index contributed by atoms with van der Waals surface area (Å²) >= 11 is 3.36. The van der Waals surface area contributed by atoms with Gasteiger partial charge >= 0.3 is 0 Å². The van der Waals surface area contributed by atoms with Gasteiger partial charge in [0.1, 0.15) is 5.82 Å². The van der Waals surface area contributed by atoms with Crippen molar-refractivity contribution in [2.75, 3.05) is 6.54 Å². The summed E-state index contributed by atoms with van der Waals surface area (Å²) in [7, 11) is 0. The van der Waals surface area contributed by atoms with Crippen LogP contribution in [0.3, 0.4) is 0 Å². The molecule has 0 spiro atoms. The number of carbonyl (C=O) groups is 1. The van der Waals surface area contributed by atoms with E-state index in [-0.39, 0.29) is 11.7 Å². The van der Waals surface area contributed by atoms with Crippen molar-refractivity contribution in [1.82, 2.24) is 5.32 Å². The van der Waals surface area contributed by atoms with Gasteiger partial charge in [0, 0.05) is 17.4 Å². The molecule has 2 aromatic carbocycles. The second-order valence-electron chi connectivity index (χ2n) is 4.43. The molecule has 0 aromatic heterocycles. The van der Waals surface area contributed by atoms with Crippen LogP contribution in [0.5, 0.6) is 0 Å². The van der Waals surface area contributed by atoms with Gasteiger partial charge in [-0.05, 0) is 35.7 Å². The smallest absolute Gasteiger partial charge is 0.251 e. The average Bonchev–Trinajstić information content (AvgIpc) is 2.49. The normalized spacial score (nSPS) is 10.3. The van der Waals surface area contributed by atoms with Crippen molar-refractivity contribution in [3.63, 3.8) is 0 Å². The first-order chi connectivity index (χ1) is 9.70. The molecular formula is C16H15BrFNO. The van der Waals surface area contributed by atoms with E-state index in [2.05, 4.69) is 21.2 Å². The summed E-state index contributed by atoms with van der Waals surface area (Å²) in [6.07, 6.45) is 0.484. The third-order valence-electron chi connectivity index (χ3n) is 3.01. The number of benzene rings is 2. The van der Waals surface area contributed by atoms with Crippen LogP contribution in [-0.2, 0) is 11.8 Å². The molecule has 0 radical (unpaired) electrons. The fourth-order valence-electron chi connectivity index (χ4n) is 1.86. The van der Waals surface area contributed by atoms with Crippen molar-refractivity contribution in [3.05, 3.63) is 71.0 Å². The predicted molar refractivity (Wildman–Crippen MR) is 81.5 cm³/mol. The number of rotatable bonds is 5. The van der Waals surface area contributed by atoms with Gasteiger partial charge in [-0.3, -0.25) is 4.79 Å². The molecule has 0 saturated heterocycles. The molecule has 0 aliphatic heterocycles. The summed E-state index contributed by atoms with van der Waals surface area (Å²) in [5.41, 5.74) is 2.35. The molecule has 0 saturated carbocycles. The molecule has 0 unspecified atom stereocenters. The zero-order valence-corrected chi connectivity index (χ0v) is 12.5. The van der Waals surface area contributed by atoms with E-state index >= 15 is 0 Å². The molecule has 104 valence electrons. The summed E-state index contributed by atoms with van der Waals surface area (Å²) in [5.74, 6) is -0.370. The van der Waals surface area contributed by atoms with Crippen LogP contribution in [0, 0.1) is 5.82 Å². The molecule has 20 heavy (non-hydrogen) atoms. The Labute approximate surface area is 126 Å². The van der Waals surface area contributed by atoms with Crippen LogP contribution in [0.25, 0.3) is 0 Å². The molecule has 0 bridgehead atoms. The quantitative estimate of drug-likeness (QED) is 0.829. The van der Waals surface area contributed by atoms with E-state index in [0.717, 1.165) is 10.9 Å². The lowest BCUT2D eigenvalue weighted by Crippen LogP contribution is -2.25. The van der Waals surface area contributed by atoms with Gasteiger partial charge in [0.2, 0.25) is 0 Å². The van der Waals surface area contributed by atoms with Crippen molar-refractivity contribution in [2.24, 2.45) is 0 Å². The zero-order chi connectivity index (χ0) is 14.4. The summed E-state index contributed by atoms with van der Waals surface area (Å²) < 4.78 is 13.4. The highest BCUT2D eigenvalue weighted by atomic mass is 79.9. The number of alkyl halides is 1. The first-order valence-corrected chi connectivity index (χ1v) is 7.49. The van der Waals surface area contributed by atoms with Gasteiger partial charge in [-0.2, -0.15) is 0 Å². The summed E-state index contributed by atoms with van der Waals surface area (Å²) in [4.78, 5) is 11.9. The SMILES string of the molecule is O=C(NCCc1ccccc1F)c1ccc(CBr)cc1. The molecule has 0 atom stereocenters. The number of carbonyl (C=O) groups excluding carboxylic acids is 1. The van der Waals surface area contributed by atoms with Gasteiger partial charge in [-0.25, -0.2) is 4.39 Å². The average molecular weight is 336 g/mol. The van der Waals surface area contributed by atoms with Gasteiger partial charge in [0.25, 0.3) is 5.91 Å². The third kappa shape index (κ3) is 3.90. The first kappa shape index (κ1) is 14.7. The number of nitrogens with one attached hydrogen (secondary N) is 1. The zero-order valence-electron chi connectivity index (χ0n) is 10.9. The molecule has 1 amide bonds. The minimum Gasteiger partial charge on any atom is -0.352 e. The molecule has 1 N–H and O–H groups in total. The number of hydrogen-bond donors (Lipinski definition) is 1. The van der Waals surface area contributed by atoms with E-state index < -0.39 is 0 Å². The Bertz CT molecular complexity index is 583. The Morgan fingerprint density at radius 2 is 1.80 bits per heavy atom. The van der Waals surface area contributed by atoms with E-state index in [1.54, 1.807) is 30.3 Å². The molecule has 2 aromatic rings. The fraction of sp³-hybridized carbons (Fsp3) is 0.188. The highest BCUT2D eigenvalue weighted by Gasteiger charge is 2.06. The van der Waals surface area contributed by atoms with Crippen molar-refractivity contribution < 1.29 is 9.18 Å². The van der Waals surface area contributed by atoms with E-state index in [9.17, 15) is 9.18 Å². The van der Waals surface area contributed by atoms with E-state index in [0.29, 0.717) is 24.1 Å². The topological polar surface area (TPSA) is 29.1 Å². The van der Waals surface area contributed by atoms with Crippen molar-refractivity contribution >= 4 is 21.8 Å². The van der Waals surface area contributed by atoms with Gasteiger partial charge < -0.3 is 5.32 Å². The van der Waals surface area contributed by atoms with E-state index in [1.165, 1.54) is 6.07 Å². The van der Waals surface area contributed by atoms with Crippen LogP contribution >= 0.6 is 15.9 Å². The second-order valence-corrected chi connectivity index (χ2v) is 4.99. The molecule has 0 aliphatic carbocycles. The highest BCUT2D eigenvalue weighted by molar-refractivity contribution is 9.08. The molecule has 4 heteroatoms. The Kier molecular flexibility index (Phi) is 5.30. The molecule has 0 aliphatic rings. The first-order valence-electron chi connectivity index (χ1n) is 6.37. The van der Waals surface area contributed by atoms with Crippen LogP contribution in [0.1, 0.15) is 21.5 Å². The molecule has 0 fully saturated rings. The highest BCUT2D eigenvalue weighted by Crippen LogP contribution is 2.09. The maximum atomic E-state index is 13.4. The lowest BCUT2D eigenvalue weighted by atomic mass is 10.1. The van der Waals surface area contributed by atoms with Crippen LogP contribution in [0.2, 0.25) is 0 Å². The van der Waals surface area contributed by atoms with Crippen LogP contribution in [-0.4, -0.2) is 12.5 Å². The van der Waals surface area contributed by atoms with Crippen LogP contribution < -0.4 is 5.32 Å². The molecule has 2 nitrogen and oxygen atoms in total. The number of halogens is 2. The Morgan fingerprint density at radius 3 is 2.45 bits per heavy atom. The van der Waals surface area contributed by atoms with E-state index in [4.69, 9.17) is 0 Å². The maximum Gasteiger partial charge on any atom is 0.251 e. The monoisotopic (exact) mass is 335 g/mol. The minimum atomic E-state index is -0.233. The lowest BCUT2D eigenvalue weighted by molar-refractivity contribution is 0.0954. The third-order valence-corrected chi connectivity index (χ3v) is 3.66. The second kappa shape index (κ2) is 7.20.